The number of carbonyl (C=O) groups is 1. The van der Waals surface area contributed by atoms with Crippen LogP contribution in [0, 0.1) is 12.3 Å². The second-order valence-corrected chi connectivity index (χ2v) is 8.67. The lowest BCUT2D eigenvalue weighted by molar-refractivity contribution is -0.140. The maximum absolute atomic E-state index is 12.5. The molecule has 5 heteroatoms. The average Bonchev–Trinajstić information content (AvgIpc) is 2.75. The van der Waals surface area contributed by atoms with Crippen molar-refractivity contribution >= 4 is 5.91 Å². The van der Waals surface area contributed by atoms with Gasteiger partial charge < -0.3 is 9.64 Å². The maximum Gasteiger partial charge on any atom is 0.222 e. The molecule has 0 saturated carbocycles. The fourth-order valence-corrected chi connectivity index (χ4v) is 4.76. The Labute approximate surface area is 173 Å². The normalized spacial score (nSPS) is 19.5. The number of hydrogen-bond donors (Lipinski definition) is 0. The molecule has 0 N–H and O–H groups in total. The largest absolute Gasteiger partial charge is 0.497 e. The number of aromatic nitrogens is 1. The smallest absolute Gasteiger partial charge is 0.222 e. The Morgan fingerprint density at radius 3 is 2.52 bits per heavy atom. The standard InChI is InChI=1S/C24H31N3O2/c1-19-15-22(29-2)4-3-21(19)17-26-13-9-24(10-14-26)8-5-23(28)27(18-24)16-20-6-11-25-12-7-20/h3-4,6-7,11-12,15H,5,8-10,13-14,16-18H2,1-2H3. The van der Waals surface area contributed by atoms with Gasteiger partial charge >= 0.3 is 0 Å². The van der Waals surface area contributed by atoms with Crippen LogP contribution in [0.5, 0.6) is 5.75 Å². The molecule has 154 valence electrons. The van der Waals surface area contributed by atoms with E-state index in [9.17, 15) is 4.79 Å². The number of benzene rings is 1. The van der Waals surface area contributed by atoms with Gasteiger partial charge in [-0.15, -0.1) is 0 Å². The molecule has 1 aromatic carbocycles. The summed E-state index contributed by atoms with van der Waals surface area (Å²) in [5.41, 5.74) is 4.11. The van der Waals surface area contributed by atoms with E-state index in [1.165, 1.54) is 24.0 Å². The van der Waals surface area contributed by atoms with Crippen LogP contribution >= 0.6 is 0 Å². The van der Waals surface area contributed by atoms with E-state index in [1.807, 2.05) is 12.1 Å². The molecule has 0 atom stereocenters. The number of piperidine rings is 2. The number of hydrogen-bond acceptors (Lipinski definition) is 4. The molecule has 0 bridgehead atoms. The first-order chi connectivity index (χ1) is 14.1. The first-order valence-corrected chi connectivity index (χ1v) is 10.6. The third-order valence-electron chi connectivity index (χ3n) is 6.73. The minimum atomic E-state index is 0.284. The number of nitrogens with zero attached hydrogens (tertiary/aromatic N) is 3. The van der Waals surface area contributed by atoms with E-state index in [2.05, 4.69) is 39.9 Å². The lowest BCUT2D eigenvalue weighted by atomic mass is 9.72. The van der Waals surface area contributed by atoms with E-state index >= 15 is 0 Å². The van der Waals surface area contributed by atoms with Gasteiger partial charge in [-0.1, -0.05) is 6.07 Å². The van der Waals surface area contributed by atoms with Crippen molar-refractivity contribution in [3.63, 3.8) is 0 Å². The SMILES string of the molecule is COc1ccc(CN2CCC3(CCC(=O)N(Cc4ccncc4)C3)CC2)c(C)c1. The monoisotopic (exact) mass is 393 g/mol. The second-order valence-electron chi connectivity index (χ2n) is 8.67. The van der Waals surface area contributed by atoms with Gasteiger partial charge in [-0.05, 0) is 85.6 Å². The van der Waals surface area contributed by atoms with Crippen LogP contribution < -0.4 is 4.74 Å². The molecule has 4 rings (SSSR count). The van der Waals surface area contributed by atoms with E-state index in [0.29, 0.717) is 18.9 Å². The summed E-state index contributed by atoms with van der Waals surface area (Å²) < 4.78 is 5.33. The molecule has 2 aromatic rings. The number of pyridine rings is 1. The quantitative estimate of drug-likeness (QED) is 0.775. The van der Waals surface area contributed by atoms with Crippen LogP contribution in [0.25, 0.3) is 0 Å². The molecular weight excluding hydrogens is 362 g/mol. The van der Waals surface area contributed by atoms with Gasteiger partial charge in [0.2, 0.25) is 5.91 Å². The summed E-state index contributed by atoms with van der Waals surface area (Å²) in [5.74, 6) is 1.22. The molecular formula is C24H31N3O2. The van der Waals surface area contributed by atoms with Crippen LogP contribution in [0.3, 0.4) is 0 Å². The Bertz CT molecular complexity index is 844. The van der Waals surface area contributed by atoms with Gasteiger partial charge in [0.1, 0.15) is 5.75 Å². The molecule has 29 heavy (non-hydrogen) atoms. The maximum atomic E-state index is 12.5. The molecule has 5 nitrogen and oxygen atoms in total. The van der Waals surface area contributed by atoms with Crippen LogP contribution in [0.1, 0.15) is 42.4 Å². The van der Waals surface area contributed by atoms with Gasteiger partial charge in [-0.25, -0.2) is 0 Å². The zero-order chi connectivity index (χ0) is 20.3. The highest BCUT2D eigenvalue weighted by molar-refractivity contribution is 5.77. The molecule has 1 amide bonds. The summed E-state index contributed by atoms with van der Waals surface area (Å²) >= 11 is 0. The van der Waals surface area contributed by atoms with Gasteiger partial charge in [0.05, 0.1) is 7.11 Å². The fourth-order valence-electron chi connectivity index (χ4n) is 4.76. The molecule has 2 aliphatic heterocycles. The summed E-state index contributed by atoms with van der Waals surface area (Å²) in [6.07, 6.45) is 7.67. The van der Waals surface area contributed by atoms with Gasteiger partial charge in [-0.3, -0.25) is 14.7 Å². The summed E-state index contributed by atoms with van der Waals surface area (Å²) in [6.45, 7) is 6.95. The molecule has 2 aliphatic rings. The molecule has 2 saturated heterocycles. The van der Waals surface area contributed by atoms with E-state index in [0.717, 1.165) is 43.9 Å². The van der Waals surface area contributed by atoms with Crippen molar-refractivity contribution in [3.05, 3.63) is 59.4 Å². The highest BCUT2D eigenvalue weighted by atomic mass is 16.5. The fraction of sp³-hybridized carbons (Fsp3) is 0.500. The third kappa shape index (κ3) is 4.61. The lowest BCUT2D eigenvalue weighted by Crippen LogP contribution is -2.51. The highest BCUT2D eigenvalue weighted by Gasteiger charge is 2.40. The summed E-state index contributed by atoms with van der Waals surface area (Å²) in [7, 11) is 1.71. The number of ether oxygens (including phenoxy) is 1. The molecule has 0 radical (unpaired) electrons. The van der Waals surface area contributed by atoms with Crippen LogP contribution in [0.4, 0.5) is 0 Å². The number of carbonyl (C=O) groups excluding carboxylic acids is 1. The van der Waals surface area contributed by atoms with Crippen molar-refractivity contribution in [1.82, 2.24) is 14.8 Å². The van der Waals surface area contributed by atoms with E-state index in [1.54, 1.807) is 19.5 Å². The minimum absolute atomic E-state index is 0.284. The molecule has 0 unspecified atom stereocenters. The van der Waals surface area contributed by atoms with Crippen molar-refractivity contribution in [3.8, 4) is 5.75 Å². The predicted octanol–water partition coefficient (Wildman–Crippen LogP) is 3.80. The van der Waals surface area contributed by atoms with Gasteiger partial charge in [0.15, 0.2) is 0 Å². The van der Waals surface area contributed by atoms with Crippen molar-refractivity contribution in [2.24, 2.45) is 5.41 Å². The molecule has 0 aliphatic carbocycles. The topological polar surface area (TPSA) is 45.7 Å². The van der Waals surface area contributed by atoms with E-state index in [-0.39, 0.29) is 5.41 Å². The second kappa shape index (κ2) is 8.54. The summed E-state index contributed by atoms with van der Waals surface area (Å²) in [6, 6.07) is 10.4. The van der Waals surface area contributed by atoms with Gasteiger partial charge in [-0.2, -0.15) is 0 Å². The zero-order valence-electron chi connectivity index (χ0n) is 17.6. The Kier molecular flexibility index (Phi) is 5.86. The number of likely N-dealkylation sites (tertiary alicyclic amines) is 2. The third-order valence-corrected chi connectivity index (χ3v) is 6.73. The number of amides is 1. The van der Waals surface area contributed by atoms with Crippen LogP contribution in [0.2, 0.25) is 0 Å². The summed E-state index contributed by atoms with van der Waals surface area (Å²) in [5, 5.41) is 0. The number of aryl methyl sites for hydroxylation is 1. The Morgan fingerprint density at radius 2 is 1.83 bits per heavy atom. The number of rotatable bonds is 5. The zero-order valence-corrected chi connectivity index (χ0v) is 17.6. The minimum Gasteiger partial charge on any atom is -0.497 e. The molecule has 1 aromatic heterocycles. The van der Waals surface area contributed by atoms with Gasteiger partial charge in [0, 0.05) is 38.4 Å². The predicted molar refractivity (Wildman–Crippen MR) is 114 cm³/mol. The number of methoxy groups -OCH3 is 1. The van der Waals surface area contributed by atoms with Crippen molar-refractivity contribution < 1.29 is 9.53 Å². The molecule has 3 heterocycles. The Balaban J connectivity index is 1.36. The first-order valence-electron chi connectivity index (χ1n) is 10.6. The first kappa shape index (κ1) is 19.9. The van der Waals surface area contributed by atoms with Crippen LogP contribution in [-0.2, 0) is 17.9 Å². The van der Waals surface area contributed by atoms with E-state index in [4.69, 9.17) is 4.74 Å². The van der Waals surface area contributed by atoms with Crippen molar-refractivity contribution in [1.29, 1.82) is 0 Å². The van der Waals surface area contributed by atoms with Gasteiger partial charge in [0.25, 0.3) is 0 Å². The average molecular weight is 394 g/mol. The van der Waals surface area contributed by atoms with Crippen molar-refractivity contribution in [2.45, 2.75) is 45.7 Å². The van der Waals surface area contributed by atoms with Crippen LogP contribution in [0.15, 0.2) is 42.7 Å². The molecule has 1 spiro atoms. The van der Waals surface area contributed by atoms with E-state index < -0.39 is 0 Å². The Morgan fingerprint density at radius 1 is 1.07 bits per heavy atom. The molecule has 2 fully saturated rings. The lowest BCUT2D eigenvalue weighted by Gasteiger charge is -2.47. The van der Waals surface area contributed by atoms with Crippen molar-refractivity contribution in [2.75, 3.05) is 26.7 Å². The summed E-state index contributed by atoms with van der Waals surface area (Å²) in [4.78, 5) is 21.2. The van der Waals surface area contributed by atoms with Crippen LogP contribution in [-0.4, -0.2) is 47.4 Å². The highest BCUT2D eigenvalue weighted by Crippen LogP contribution is 2.41. The Hall–Kier alpha value is -2.40.